The zero-order valence-electron chi connectivity index (χ0n) is 6.74. The summed E-state index contributed by atoms with van der Waals surface area (Å²) in [6.45, 7) is 1.77. The van der Waals surface area contributed by atoms with Crippen LogP contribution < -0.4 is 0 Å². The summed E-state index contributed by atoms with van der Waals surface area (Å²) in [5.74, 6) is 0. The first kappa shape index (κ1) is 9.68. The number of hydrogen-bond acceptors (Lipinski definition) is 3. The van der Waals surface area contributed by atoms with Crippen molar-refractivity contribution in [3.8, 4) is 6.07 Å². The molecule has 0 aromatic heterocycles. The van der Waals surface area contributed by atoms with E-state index in [4.69, 9.17) is 5.26 Å². The van der Waals surface area contributed by atoms with Crippen LogP contribution in [0.25, 0.3) is 0 Å². The fourth-order valence-corrected chi connectivity index (χ4v) is 1.35. The van der Waals surface area contributed by atoms with Crippen LogP contribution in [0.5, 0.6) is 0 Å². The molecule has 0 atom stereocenters. The lowest BCUT2D eigenvalue weighted by Gasteiger charge is -2.00. The van der Waals surface area contributed by atoms with Crippen molar-refractivity contribution >= 4 is 21.6 Å². The van der Waals surface area contributed by atoms with Crippen molar-refractivity contribution in [2.75, 3.05) is 0 Å². The second-order valence-electron chi connectivity index (χ2n) is 2.46. The minimum atomic E-state index is -0.567. The normalized spacial score (nSPS) is 9.31. The molecule has 0 N–H and O–H groups in total. The van der Waals surface area contributed by atoms with Gasteiger partial charge in [-0.25, -0.2) is 0 Å². The van der Waals surface area contributed by atoms with Crippen LogP contribution in [0.15, 0.2) is 16.6 Å². The number of halogens is 1. The predicted octanol–water partition coefficient (Wildman–Crippen LogP) is 2.54. The molecule has 1 aromatic rings. The Bertz CT molecular complexity index is 409. The maximum Gasteiger partial charge on any atom is 0.288 e. The molecular formula is C8H5BrN2O2. The van der Waals surface area contributed by atoms with E-state index in [2.05, 4.69) is 15.9 Å². The summed E-state index contributed by atoms with van der Waals surface area (Å²) in [5.41, 5.74) is 0.715. The van der Waals surface area contributed by atoms with Crippen molar-refractivity contribution < 1.29 is 4.92 Å². The van der Waals surface area contributed by atoms with Gasteiger partial charge in [-0.3, -0.25) is 10.1 Å². The first-order valence-electron chi connectivity index (χ1n) is 3.41. The summed E-state index contributed by atoms with van der Waals surface area (Å²) < 4.78 is 0.490. The first-order valence-corrected chi connectivity index (χ1v) is 4.21. The van der Waals surface area contributed by atoms with Gasteiger partial charge in [-0.15, -0.1) is 0 Å². The molecule has 66 valence electrons. The largest absolute Gasteiger partial charge is 0.288 e. The number of nitro groups is 1. The van der Waals surface area contributed by atoms with Crippen LogP contribution in [-0.4, -0.2) is 4.92 Å². The van der Waals surface area contributed by atoms with Gasteiger partial charge in [0.15, 0.2) is 0 Å². The monoisotopic (exact) mass is 240 g/mol. The lowest BCUT2D eigenvalue weighted by molar-refractivity contribution is -0.385. The summed E-state index contributed by atoms with van der Waals surface area (Å²) in [4.78, 5) is 9.91. The molecule has 0 radical (unpaired) electrons. The van der Waals surface area contributed by atoms with Crippen LogP contribution in [-0.2, 0) is 0 Å². The van der Waals surface area contributed by atoms with E-state index in [1.807, 2.05) is 0 Å². The van der Waals surface area contributed by atoms with Gasteiger partial charge >= 0.3 is 0 Å². The molecule has 0 saturated heterocycles. The van der Waals surface area contributed by atoms with Crippen molar-refractivity contribution in [2.24, 2.45) is 0 Å². The van der Waals surface area contributed by atoms with Crippen molar-refractivity contribution in [1.29, 1.82) is 5.26 Å². The number of hydrogen-bond donors (Lipinski definition) is 0. The third kappa shape index (κ3) is 1.68. The van der Waals surface area contributed by atoms with E-state index in [1.54, 1.807) is 19.1 Å². The van der Waals surface area contributed by atoms with Crippen molar-refractivity contribution in [3.63, 3.8) is 0 Å². The molecule has 0 unspecified atom stereocenters. The minimum Gasteiger partial charge on any atom is -0.258 e. The van der Waals surface area contributed by atoms with Gasteiger partial charge in [0.1, 0.15) is 11.6 Å². The topological polar surface area (TPSA) is 66.9 Å². The Kier molecular flexibility index (Phi) is 2.63. The van der Waals surface area contributed by atoms with E-state index in [1.165, 1.54) is 6.07 Å². The summed E-state index contributed by atoms with van der Waals surface area (Å²) in [6.07, 6.45) is 0. The summed E-state index contributed by atoms with van der Waals surface area (Å²) in [6, 6.07) is 4.73. The molecule has 0 amide bonds. The lowest BCUT2D eigenvalue weighted by Crippen LogP contribution is -1.94. The van der Waals surface area contributed by atoms with Gasteiger partial charge in [0, 0.05) is 10.5 Å². The first-order chi connectivity index (χ1) is 6.07. The molecule has 0 aliphatic rings. The smallest absolute Gasteiger partial charge is 0.258 e. The van der Waals surface area contributed by atoms with Gasteiger partial charge in [0.25, 0.3) is 5.69 Å². The van der Waals surface area contributed by atoms with Gasteiger partial charge < -0.3 is 0 Å². The highest BCUT2D eigenvalue weighted by atomic mass is 79.9. The Hall–Kier alpha value is -1.41. The fraction of sp³-hybridized carbons (Fsp3) is 0.125. The van der Waals surface area contributed by atoms with Crippen molar-refractivity contribution in [1.82, 2.24) is 0 Å². The maximum absolute atomic E-state index is 10.5. The molecule has 13 heavy (non-hydrogen) atoms. The molecule has 0 saturated carbocycles. The number of nitrogens with zero attached hydrogens (tertiary/aromatic N) is 2. The molecule has 0 heterocycles. The third-order valence-electron chi connectivity index (χ3n) is 1.62. The van der Waals surface area contributed by atoms with Gasteiger partial charge in [-0.05, 0) is 28.4 Å². The van der Waals surface area contributed by atoms with Crippen molar-refractivity contribution in [3.05, 3.63) is 37.8 Å². The standard InChI is InChI=1S/C8H5BrN2O2/c1-5-2-3-7(11(12)13)6(4-10)8(5)9/h2-3H,1H3. The van der Waals surface area contributed by atoms with Crippen LogP contribution in [0.1, 0.15) is 11.1 Å². The van der Waals surface area contributed by atoms with Crippen LogP contribution >= 0.6 is 15.9 Å². The van der Waals surface area contributed by atoms with E-state index < -0.39 is 4.92 Å². The van der Waals surface area contributed by atoms with Crippen molar-refractivity contribution in [2.45, 2.75) is 6.92 Å². The number of rotatable bonds is 1. The predicted molar refractivity (Wildman–Crippen MR) is 50.2 cm³/mol. The summed E-state index contributed by atoms with van der Waals surface area (Å²) in [7, 11) is 0. The van der Waals surface area contributed by atoms with Gasteiger partial charge in [-0.2, -0.15) is 5.26 Å². The van der Waals surface area contributed by atoms with E-state index in [0.717, 1.165) is 5.56 Å². The zero-order valence-corrected chi connectivity index (χ0v) is 8.33. The molecule has 0 aliphatic carbocycles. The maximum atomic E-state index is 10.5. The second-order valence-corrected chi connectivity index (χ2v) is 3.25. The Morgan fingerprint density at radius 1 is 1.62 bits per heavy atom. The summed E-state index contributed by atoms with van der Waals surface area (Å²) >= 11 is 3.13. The molecule has 1 aromatic carbocycles. The molecule has 0 bridgehead atoms. The third-order valence-corrected chi connectivity index (χ3v) is 2.64. The molecule has 4 nitrogen and oxygen atoms in total. The zero-order chi connectivity index (χ0) is 10.0. The highest BCUT2D eigenvalue weighted by Gasteiger charge is 2.17. The highest BCUT2D eigenvalue weighted by molar-refractivity contribution is 9.10. The van der Waals surface area contributed by atoms with Crippen LogP contribution in [0, 0.1) is 28.4 Å². The van der Waals surface area contributed by atoms with Gasteiger partial charge in [0.2, 0.25) is 0 Å². The van der Waals surface area contributed by atoms with Gasteiger partial charge in [0.05, 0.1) is 4.92 Å². The highest BCUT2D eigenvalue weighted by Crippen LogP contribution is 2.28. The molecule has 0 spiro atoms. The quantitative estimate of drug-likeness (QED) is 0.560. The number of nitriles is 1. The van der Waals surface area contributed by atoms with Gasteiger partial charge in [-0.1, -0.05) is 6.07 Å². The summed E-state index contributed by atoms with van der Waals surface area (Å²) in [5, 5.41) is 19.2. The van der Waals surface area contributed by atoms with Crippen LogP contribution in [0.4, 0.5) is 5.69 Å². The number of nitro benzene ring substituents is 1. The van der Waals surface area contributed by atoms with Crippen LogP contribution in [0.2, 0.25) is 0 Å². The molecule has 0 aliphatic heterocycles. The molecule has 0 fully saturated rings. The number of benzene rings is 1. The second kappa shape index (κ2) is 3.54. The Balaban J connectivity index is 3.50. The average Bonchev–Trinajstić information content (AvgIpc) is 2.09. The minimum absolute atomic E-state index is 0.0741. The Labute approximate surface area is 83.1 Å². The Morgan fingerprint density at radius 2 is 2.23 bits per heavy atom. The van der Waals surface area contributed by atoms with E-state index in [0.29, 0.717) is 4.47 Å². The average molecular weight is 241 g/mol. The SMILES string of the molecule is Cc1ccc([N+](=O)[O-])c(C#N)c1Br. The van der Waals surface area contributed by atoms with E-state index in [-0.39, 0.29) is 11.3 Å². The number of aryl methyl sites for hydroxylation is 1. The lowest BCUT2D eigenvalue weighted by atomic mass is 10.1. The molecule has 1 rings (SSSR count). The molecule has 5 heteroatoms. The fourth-order valence-electron chi connectivity index (χ4n) is 0.929. The van der Waals surface area contributed by atoms with Crippen LogP contribution in [0.3, 0.4) is 0 Å². The molecular weight excluding hydrogens is 236 g/mol. The van der Waals surface area contributed by atoms with E-state index in [9.17, 15) is 10.1 Å². The Morgan fingerprint density at radius 3 is 2.69 bits per heavy atom. The van der Waals surface area contributed by atoms with E-state index >= 15 is 0 Å².